The van der Waals surface area contributed by atoms with E-state index in [4.69, 9.17) is 5.73 Å². The predicted molar refractivity (Wildman–Crippen MR) is 54.7 cm³/mol. The van der Waals surface area contributed by atoms with Gasteiger partial charge in [-0.1, -0.05) is 19.3 Å². The van der Waals surface area contributed by atoms with Gasteiger partial charge in [0.15, 0.2) is 0 Å². The monoisotopic (exact) mass is 212 g/mol. The Balaban J connectivity index is 2.69. The van der Waals surface area contributed by atoms with Crippen molar-refractivity contribution in [3.8, 4) is 0 Å². The summed E-state index contributed by atoms with van der Waals surface area (Å²) in [6.45, 7) is 0. The number of hydrogen-bond acceptors (Lipinski definition) is 3. The van der Waals surface area contributed by atoms with E-state index in [0.717, 1.165) is 32.1 Å². The SMILES string of the molecule is NC(=O)CC1(CC(=O)N=O)CCCCC1. The number of primary amides is 1. The molecular weight excluding hydrogens is 196 g/mol. The summed E-state index contributed by atoms with van der Waals surface area (Å²) in [4.78, 5) is 32.1. The van der Waals surface area contributed by atoms with Crippen LogP contribution in [0, 0.1) is 10.3 Å². The van der Waals surface area contributed by atoms with E-state index in [9.17, 15) is 14.5 Å². The van der Waals surface area contributed by atoms with Crippen molar-refractivity contribution >= 4 is 11.8 Å². The summed E-state index contributed by atoms with van der Waals surface area (Å²) in [6.07, 6.45) is 4.92. The minimum absolute atomic E-state index is 0.0689. The normalized spacial score (nSPS) is 19.5. The molecule has 1 saturated carbocycles. The summed E-state index contributed by atoms with van der Waals surface area (Å²) in [5, 5.41) is 2.39. The number of rotatable bonds is 4. The molecule has 0 atom stereocenters. The Bertz CT molecular complexity index is 270. The van der Waals surface area contributed by atoms with Gasteiger partial charge in [0.05, 0.1) is 0 Å². The molecule has 1 aliphatic rings. The Kier molecular flexibility index (Phi) is 3.94. The quantitative estimate of drug-likeness (QED) is 0.716. The first kappa shape index (κ1) is 11.8. The summed E-state index contributed by atoms with van der Waals surface area (Å²) in [6, 6.07) is 0. The lowest BCUT2D eigenvalue weighted by atomic mass is 9.69. The van der Waals surface area contributed by atoms with Crippen molar-refractivity contribution in [2.45, 2.75) is 44.9 Å². The zero-order chi connectivity index (χ0) is 11.3. The summed E-state index contributed by atoms with van der Waals surface area (Å²) in [5.41, 5.74) is 4.77. The summed E-state index contributed by atoms with van der Waals surface area (Å²) in [7, 11) is 0. The highest BCUT2D eigenvalue weighted by Crippen LogP contribution is 2.42. The van der Waals surface area contributed by atoms with Gasteiger partial charge >= 0.3 is 0 Å². The average Bonchev–Trinajstić information content (AvgIpc) is 2.17. The molecule has 1 rings (SSSR count). The third-order valence-corrected chi connectivity index (χ3v) is 3.09. The molecule has 15 heavy (non-hydrogen) atoms. The molecule has 0 bridgehead atoms. The lowest BCUT2D eigenvalue weighted by Crippen LogP contribution is -2.32. The first-order valence-electron chi connectivity index (χ1n) is 5.22. The lowest BCUT2D eigenvalue weighted by Gasteiger charge is -2.35. The first-order valence-corrected chi connectivity index (χ1v) is 5.22. The Labute approximate surface area is 88.4 Å². The maximum Gasteiger partial charge on any atom is 0.286 e. The van der Waals surface area contributed by atoms with Crippen molar-refractivity contribution in [2.75, 3.05) is 0 Å². The molecule has 0 aromatic rings. The van der Waals surface area contributed by atoms with Gasteiger partial charge in [-0.25, -0.2) is 0 Å². The highest BCUT2D eigenvalue weighted by atomic mass is 16.3. The molecule has 2 N–H and O–H groups in total. The molecule has 0 radical (unpaired) electrons. The highest BCUT2D eigenvalue weighted by molar-refractivity contribution is 5.79. The van der Waals surface area contributed by atoms with Crippen LogP contribution in [-0.4, -0.2) is 11.8 Å². The number of nitroso groups, excluding NO2 is 1. The minimum Gasteiger partial charge on any atom is -0.370 e. The van der Waals surface area contributed by atoms with E-state index in [1.165, 1.54) is 0 Å². The zero-order valence-electron chi connectivity index (χ0n) is 8.70. The van der Waals surface area contributed by atoms with Crippen molar-refractivity contribution in [2.24, 2.45) is 16.3 Å². The van der Waals surface area contributed by atoms with E-state index in [2.05, 4.69) is 5.18 Å². The zero-order valence-corrected chi connectivity index (χ0v) is 8.70. The van der Waals surface area contributed by atoms with Crippen LogP contribution < -0.4 is 5.73 Å². The molecule has 0 heterocycles. The Morgan fingerprint density at radius 3 is 2.20 bits per heavy atom. The Hall–Kier alpha value is -1.26. The molecule has 0 aliphatic heterocycles. The van der Waals surface area contributed by atoms with E-state index in [-0.39, 0.29) is 12.8 Å². The molecule has 0 spiro atoms. The lowest BCUT2D eigenvalue weighted by molar-refractivity contribution is -0.124. The molecule has 0 saturated heterocycles. The Morgan fingerprint density at radius 2 is 1.73 bits per heavy atom. The third kappa shape index (κ3) is 3.42. The highest BCUT2D eigenvalue weighted by Gasteiger charge is 2.36. The van der Waals surface area contributed by atoms with Crippen molar-refractivity contribution in [3.05, 3.63) is 4.91 Å². The van der Waals surface area contributed by atoms with Gasteiger partial charge in [0.2, 0.25) is 5.91 Å². The van der Waals surface area contributed by atoms with Crippen LogP contribution in [0.5, 0.6) is 0 Å². The van der Waals surface area contributed by atoms with Gasteiger partial charge in [-0.15, -0.1) is 4.91 Å². The second-order valence-corrected chi connectivity index (χ2v) is 4.37. The average molecular weight is 212 g/mol. The van der Waals surface area contributed by atoms with Gasteiger partial charge < -0.3 is 5.73 Å². The fraction of sp³-hybridized carbons (Fsp3) is 0.800. The largest absolute Gasteiger partial charge is 0.370 e. The van der Waals surface area contributed by atoms with Gasteiger partial charge in [-0.2, -0.15) is 0 Å². The van der Waals surface area contributed by atoms with Crippen LogP contribution in [0.1, 0.15) is 44.9 Å². The van der Waals surface area contributed by atoms with E-state index in [0.29, 0.717) is 0 Å². The number of hydrogen-bond donors (Lipinski definition) is 1. The molecular formula is C10H16N2O3. The summed E-state index contributed by atoms with van der Waals surface area (Å²) >= 11 is 0. The van der Waals surface area contributed by atoms with Gasteiger partial charge in [-0.3, -0.25) is 9.59 Å². The second kappa shape index (κ2) is 5.00. The van der Waals surface area contributed by atoms with Crippen LogP contribution in [0.2, 0.25) is 0 Å². The van der Waals surface area contributed by atoms with Crippen molar-refractivity contribution in [1.82, 2.24) is 0 Å². The van der Waals surface area contributed by atoms with Crippen LogP contribution >= 0.6 is 0 Å². The molecule has 0 aromatic heterocycles. The standard InChI is InChI=1S/C10H16N2O3/c11-8(13)6-10(7-9(14)12-15)4-2-1-3-5-10/h1-7H2,(H2,11,13). The molecule has 1 aliphatic carbocycles. The predicted octanol–water partition coefficient (Wildman–Crippen LogP) is 1.50. The first-order chi connectivity index (χ1) is 7.08. The van der Waals surface area contributed by atoms with E-state index in [1.807, 2.05) is 0 Å². The van der Waals surface area contributed by atoms with Crippen LogP contribution in [-0.2, 0) is 9.59 Å². The van der Waals surface area contributed by atoms with Crippen molar-refractivity contribution in [3.63, 3.8) is 0 Å². The number of carbonyl (C=O) groups excluding carboxylic acids is 2. The van der Waals surface area contributed by atoms with E-state index < -0.39 is 17.2 Å². The molecule has 1 fully saturated rings. The van der Waals surface area contributed by atoms with Crippen LogP contribution in [0.4, 0.5) is 0 Å². The topological polar surface area (TPSA) is 89.6 Å². The van der Waals surface area contributed by atoms with Gasteiger partial charge in [0, 0.05) is 18.0 Å². The van der Waals surface area contributed by atoms with Crippen LogP contribution in [0.3, 0.4) is 0 Å². The molecule has 5 nitrogen and oxygen atoms in total. The number of amides is 2. The van der Waals surface area contributed by atoms with Gasteiger partial charge in [0.1, 0.15) is 0 Å². The van der Waals surface area contributed by atoms with E-state index in [1.54, 1.807) is 0 Å². The maximum absolute atomic E-state index is 11.0. The summed E-state index contributed by atoms with van der Waals surface area (Å²) in [5.74, 6) is -1.08. The summed E-state index contributed by atoms with van der Waals surface area (Å²) < 4.78 is 0. The smallest absolute Gasteiger partial charge is 0.286 e. The fourth-order valence-corrected chi connectivity index (χ4v) is 2.44. The number of nitrogens with zero attached hydrogens (tertiary/aromatic N) is 1. The fourth-order valence-electron chi connectivity index (χ4n) is 2.44. The van der Waals surface area contributed by atoms with Gasteiger partial charge in [-0.05, 0) is 18.3 Å². The van der Waals surface area contributed by atoms with E-state index >= 15 is 0 Å². The second-order valence-electron chi connectivity index (χ2n) is 4.37. The molecule has 0 unspecified atom stereocenters. The number of carbonyl (C=O) groups is 2. The van der Waals surface area contributed by atoms with Crippen molar-refractivity contribution in [1.29, 1.82) is 0 Å². The van der Waals surface area contributed by atoms with Crippen molar-refractivity contribution < 1.29 is 9.59 Å². The molecule has 84 valence electrons. The molecule has 0 aromatic carbocycles. The molecule has 5 heteroatoms. The maximum atomic E-state index is 11.0. The molecule has 2 amide bonds. The van der Waals surface area contributed by atoms with Crippen LogP contribution in [0.25, 0.3) is 0 Å². The van der Waals surface area contributed by atoms with Crippen LogP contribution in [0.15, 0.2) is 5.18 Å². The Morgan fingerprint density at radius 1 is 1.13 bits per heavy atom. The third-order valence-electron chi connectivity index (χ3n) is 3.09. The minimum atomic E-state index is -0.668. The number of nitrogens with two attached hydrogens (primary N) is 1. The van der Waals surface area contributed by atoms with Gasteiger partial charge in [0.25, 0.3) is 5.91 Å².